The maximum Gasteiger partial charge on any atom is 0.408 e. The summed E-state index contributed by atoms with van der Waals surface area (Å²) in [4.78, 5) is 50.4. The molecule has 42 heavy (non-hydrogen) atoms. The van der Waals surface area contributed by atoms with Crippen molar-refractivity contribution in [1.82, 2.24) is 20.2 Å². The van der Waals surface area contributed by atoms with Crippen LogP contribution in [0.15, 0.2) is 12.1 Å². The molecule has 2 amide bonds. The molecule has 0 spiro atoms. The third-order valence-electron chi connectivity index (χ3n) is 7.20. The van der Waals surface area contributed by atoms with Crippen molar-refractivity contribution in [2.24, 2.45) is 5.41 Å². The van der Waals surface area contributed by atoms with Crippen molar-refractivity contribution in [3.05, 3.63) is 18.0 Å². The van der Waals surface area contributed by atoms with Gasteiger partial charge in [-0.3, -0.25) is 4.79 Å². The molecule has 1 N–H and O–H groups in total. The number of nitrogens with one attached hydrogen (secondary N) is 1. The monoisotopic (exact) mass is 586 g/mol. The Morgan fingerprint density at radius 2 is 1.62 bits per heavy atom. The number of ether oxygens (including phenoxy) is 5. The van der Waals surface area contributed by atoms with Gasteiger partial charge in [0.1, 0.15) is 29.6 Å². The van der Waals surface area contributed by atoms with E-state index in [1.54, 1.807) is 47.1 Å². The van der Waals surface area contributed by atoms with E-state index in [4.69, 9.17) is 33.7 Å². The molecule has 230 valence electrons. The van der Waals surface area contributed by atoms with E-state index >= 15 is 0 Å². The third-order valence-corrected chi connectivity index (χ3v) is 7.20. The van der Waals surface area contributed by atoms with Crippen LogP contribution in [0, 0.1) is 5.41 Å². The first-order valence-corrected chi connectivity index (χ1v) is 14.1. The number of rotatable bonds is 8. The summed E-state index contributed by atoms with van der Waals surface area (Å²) in [5, 5.41) is 3.34. The molecule has 2 unspecified atom stereocenters. The maximum atomic E-state index is 14.0. The van der Waals surface area contributed by atoms with Gasteiger partial charge < -0.3 is 33.9 Å². The molecule has 2 fully saturated rings. The highest BCUT2D eigenvalue weighted by atomic mass is 16.6. The zero-order valence-corrected chi connectivity index (χ0v) is 25.9. The SMILES string of the molecule is COC(=O)C1CC(Oc2nc(C3CC3)nc3cc(OC)c(OC)cc23)CN1C(=O)[C@@H](NC(=O)OC(C)(C)C)C(C)(C)C. The summed E-state index contributed by atoms with van der Waals surface area (Å²) in [7, 11) is 4.38. The lowest BCUT2D eigenvalue weighted by molar-refractivity contribution is -0.152. The van der Waals surface area contributed by atoms with Crippen LogP contribution in [-0.2, 0) is 19.1 Å². The summed E-state index contributed by atoms with van der Waals surface area (Å²) in [6.07, 6.45) is 0.861. The van der Waals surface area contributed by atoms with Gasteiger partial charge in [-0.25, -0.2) is 14.6 Å². The van der Waals surface area contributed by atoms with Gasteiger partial charge >= 0.3 is 12.1 Å². The Morgan fingerprint density at radius 3 is 2.17 bits per heavy atom. The lowest BCUT2D eigenvalue weighted by Gasteiger charge is -2.35. The Labute approximate surface area is 246 Å². The van der Waals surface area contributed by atoms with Crippen molar-refractivity contribution < 1.29 is 38.1 Å². The minimum Gasteiger partial charge on any atom is -0.493 e. The van der Waals surface area contributed by atoms with Crippen LogP contribution in [0.25, 0.3) is 10.9 Å². The van der Waals surface area contributed by atoms with Gasteiger partial charge in [0.15, 0.2) is 11.5 Å². The maximum absolute atomic E-state index is 14.0. The van der Waals surface area contributed by atoms with Gasteiger partial charge in [0, 0.05) is 18.4 Å². The summed E-state index contributed by atoms with van der Waals surface area (Å²) < 4.78 is 27.9. The molecule has 12 heteroatoms. The van der Waals surface area contributed by atoms with Gasteiger partial charge in [-0.15, -0.1) is 0 Å². The van der Waals surface area contributed by atoms with Crippen LogP contribution < -0.4 is 19.5 Å². The first-order chi connectivity index (χ1) is 19.6. The van der Waals surface area contributed by atoms with Gasteiger partial charge in [0.05, 0.1) is 38.8 Å². The zero-order chi connectivity index (χ0) is 31.0. The largest absolute Gasteiger partial charge is 0.493 e. The number of nitrogens with zero attached hydrogens (tertiary/aromatic N) is 3. The van der Waals surface area contributed by atoms with Gasteiger partial charge in [0.25, 0.3) is 0 Å². The number of aromatic nitrogens is 2. The summed E-state index contributed by atoms with van der Waals surface area (Å²) >= 11 is 0. The van der Waals surface area contributed by atoms with Crippen molar-refractivity contribution in [2.45, 2.75) is 90.5 Å². The second kappa shape index (κ2) is 11.8. The molecule has 0 bridgehead atoms. The quantitative estimate of drug-likeness (QED) is 0.452. The van der Waals surface area contributed by atoms with E-state index in [1.165, 1.54) is 12.0 Å². The molecular weight excluding hydrogens is 544 g/mol. The van der Waals surface area contributed by atoms with Crippen LogP contribution in [0.5, 0.6) is 17.4 Å². The normalized spacial score (nSPS) is 19.7. The fourth-order valence-electron chi connectivity index (χ4n) is 4.94. The van der Waals surface area contributed by atoms with Gasteiger partial charge in [-0.2, -0.15) is 4.98 Å². The average molecular weight is 587 g/mol. The van der Waals surface area contributed by atoms with E-state index in [2.05, 4.69) is 5.32 Å². The third kappa shape index (κ3) is 6.96. The highest BCUT2D eigenvalue weighted by molar-refractivity contribution is 5.91. The van der Waals surface area contributed by atoms with E-state index in [1.807, 2.05) is 20.8 Å². The molecule has 1 saturated heterocycles. The number of hydrogen-bond acceptors (Lipinski definition) is 10. The number of carbonyl (C=O) groups is 3. The number of carbonyl (C=O) groups excluding carboxylic acids is 3. The van der Waals surface area contributed by atoms with E-state index in [9.17, 15) is 14.4 Å². The molecule has 1 aromatic heterocycles. The van der Waals surface area contributed by atoms with Gasteiger partial charge in [-0.05, 0) is 45.1 Å². The number of methoxy groups -OCH3 is 3. The Bertz CT molecular complexity index is 1350. The predicted molar refractivity (Wildman–Crippen MR) is 154 cm³/mol. The number of likely N-dealkylation sites (tertiary alicyclic amines) is 1. The Balaban J connectivity index is 1.65. The number of esters is 1. The van der Waals surface area contributed by atoms with E-state index < -0.39 is 47.2 Å². The van der Waals surface area contributed by atoms with Crippen LogP contribution >= 0.6 is 0 Å². The smallest absolute Gasteiger partial charge is 0.408 e. The molecule has 1 aromatic carbocycles. The molecule has 3 atom stereocenters. The van der Waals surface area contributed by atoms with Gasteiger partial charge in [-0.1, -0.05) is 20.8 Å². The minimum atomic E-state index is -0.976. The molecule has 2 aromatic rings. The Morgan fingerprint density at radius 1 is 0.976 bits per heavy atom. The Hall–Kier alpha value is -3.83. The number of benzene rings is 1. The zero-order valence-electron chi connectivity index (χ0n) is 25.9. The van der Waals surface area contributed by atoms with Crippen LogP contribution in [0.2, 0.25) is 0 Å². The van der Waals surface area contributed by atoms with Gasteiger partial charge in [0.2, 0.25) is 11.8 Å². The van der Waals surface area contributed by atoms with Crippen LogP contribution in [0.3, 0.4) is 0 Å². The topological polar surface area (TPSA) is 138 Å². The van der Waals surface area contributed by atoms with Crippen LogP contribution in [-0.4, -0.2) is 84.5 Å². The fraction of sp³-hybridized carbons (Fsp3) is 0.633. The molecule has 1 aliphatic heterocycles. The second-order valence-corrected chi connectivity index (χ2v) is 12.8. The first kappa shape index (κ1) is 31.1. The lowest BCUT2D eigenvalue weighted by Crippen LogP contribution is -2.57. The van der Waals surface area contributed by atoms with Crippen molar-refractivity contribution >= 4 is 28.9 Å². The summed E-state index contributed by atoms with van der Waals surface area (Å²) in [6.45, 7) is 10.8. The van der Waals surface area contributed by atoms with Crippen molar-refractivity contribution in [3.63, 3.8) is 0 Å². The minimum absolute atomic E-state index is 0.0821. The molecule has 1 saturated carbocycles. The number of amides is 2. The number of fused-ring (bicyclic) bond motifs is 1. The standard InChI is InChI=1S/C30H42N4O8/c1-29(2,3)23(32-28(37)42-30(4,5)6)26(35)34-15-17(12-20(34)27(36)40-9)41-25-18-13-21(38-7)22(39-8)14-19(18)31-24(33-25)16-10-11-16/h13-14,16-17,20,23H,10-12,15H2,1-9H3,(H,32,37)/t17?,20?,23-/m1/s1. The summed E-state index contributed by atoms with van der Waals surface area (Å²) in [6, 6.07) is 1.66. The van der Waals surface area contributed by atoms with E-state index in [-0.39, 0.29) is 18.9 Å². The van der Waals surface area contributed by atoms with E-state index in [0.29, 0.717) is 34.1 Å². The molecule has 2 aliphatic rings. The molecular formula is C30H42N4O8. The predicted octanol–water partition coefficient (Wildman–Crippen LogP) is 3.99. The first-order valence-electron chi connectivity index (χ1n) is 14.1. The number of hydrogen-bond donors (Lipinski definition) is 1. The van der Waals surface area contributed by atoms with Crippen molar-refractivity contribution in [1.29, 1.82) is 0 Å². The summed E-state index contributed by atoms with van der Waals surface area (Å²) in [5.74, 6) is 1.28. The molecule has 0 radical (unpaired) electrons. The van der Waals surface area contributed by atoms with Crippen molar-refractivity contribution in [3.8, 4) is 17.4 Å². The van der Waals surface area contributed by atoms with Crippen LogP contribution in [0.4, 0.5) is 4.79 Å². The average Bonchev–Trinajstić information content (AvgIpc) is 3.68. The van der Waals surface area contributed by atoms with E-state index in [0.717, 1.165) is 12.8 Å². The lowest BCUT2D eigenvalue weighted by atomic mass is 9.85. The molecule has 4 rings (SSSR count). The molecule has 12 nitrogen and oxygen atoms in total. The number of alkyl carbamates (subject to hydrolysis) is 1. The van der Waals surface area contributed by atoms with Crippen LogP contribution in [0.1, 0.15) is 72.5 Å². The Kier molecular flexibility index (Phi) is 8.75. The fourth-order valence-corrected chi connectivity index (χ4v) is 4.94. The highest BCUT2D eigenvalue weighted by Gasteiger charge is 2.47. The highest BCUT2D eigenvalue weighted by Crippen LogP contribution is 2.42. The molecule has 1 aliphatic carbocycles. The van der Waals surface area contributed by atoms with Crippen molar-refractivity contribution in [2.75, 3.05) is 27.9 Å². The molecule has 2 heterocycles. The summed E-state index contributed by atoms with van der Waals surface area (Å²) in [5.41, 5.74) is -0.793. The second-order valence-electron chi connectivity index (χ2n) is 12.8.